The van der Waals surface area contributed by atoms with Gasteiger partial charge in [-0.2, -0.15) is 0 Å². The van der Waals surface area contributed by atoms with E-state index < -0.39 is 5.97 Å². The Labute approximate surface area is 111 Å². The fraction of sp³-hybridized carbons (Fsp3) is 0. The number of hydrogen-bond donors (Lipinski definition) is 1. The number of halogens is 1. The molecule has 0 radical (unpaired) electrons. The molecule has 0 bridgehead atoms. The van der Waals surface area contributed by atoms with Crippen LogP contribution in [0.5, 0.6) is 0 Å². The van der Waals surface area contributed by atoms with Gasteiger partial charge >= 0.3 is 5.97 Å². The van der Waals surface area contributed by atoms with Gasteiger partial charge in [-0.25, -0.2) is 4.79 Å². The molecule has 17 heavy (non-hydrogen) atoms. The summed E-state index contributed by atoms with van der Waals surface area (Å²) >= 11 is 4.96. The van der Waals surface area contributed by atoms with Crippen molar-refractivity contribution < 1.29 is 9.90 Å². The van der Waals surface area contributed by atoms with Crippen molar-refractivity contribution in [2.75, 3.05) is 0 Å². The number of hydrogen-bond acceptors (Lipinski definition) is 2. The van der Waals surface area contributed by atoms with Gasteiger partial charge in [0.2, 0.25) is 0 Å². The minimum Gasteiger partial charge on any atom is -0.478 e. The zero-order chi connectivity index (χ0) is 12.3. The minimum absolute atomic E-state index is 0.927. The van der Waals surface area contributed by atoms with E-state index >= 15 is 0 Å². The summed E-state index contributed by atoms with van der Waals surface area (Å²) < 4.78 is 1.05. The summed E-state index contributed by atoms with van der Waals surface area (Å²) in [5, 5.41) is 8.54. The van der Waals surface area contributed by atoms with E-state index in [1.807, 2.05) is 36.4 Å². The molecule has 0 saturated carbocycles. The van der Waals surface area contributed by atoms with Crippen LogP contribution in [0.15, 0.2) is 46.9 Å². The van der Waals surface area contributed by atoms with Crippen molar-refractivity contribution in [3.05, 3.63) is 51.8 Å². The van der Waals surface area contributed by atoms with Crippen molar-refractivity contribution in [2.45, 2.75) is 0 Å². The highest BCUT2D eigenvalue weighted by atomic mass is 79.9. The van der Waals surface area contributed by atoms with Gasteiger partial charge in [-0.05, 0) is 35.9 Å². The number of carboxylic acid groups (broad SMARTS) is 1. The third-order valence-corrected chi connectivity index (χ3v) is 3.77. The number of rotatable bonds is 3. The molecule has 4 heteroatoms. The fourth-order valence-electron chi connectivity index (χ4n) is 1.37. The van der Waals surface area contributed by atoms with Crippen molar-refractivity contribution in [3.8, 4) is 10.4 Å². The van der Waals surface area contributed by atoms with E-state index in [4.69, 9.17) is 5.11 Å². The Morgan fingerprint density at radius 3 is 2.53 bits per heavy atom. The van der Waals surface area contributed by atoms with E-state index in [9.17, 15) is 4.79 Å². The molecule has 0 fully saturated rings. The predicted octanol–water partition coefficient (Wildman–Crippen LogP) is 4.28. The molecule has 1 heterocycles. The standard InChI is InChI=1S/C13H9BrO2S/c14-10-3-1-9(2-4-10)12-7-5-11(17-12)6-8-13(15)16/h1-8H,(H,15,16). The molecule has 1 aromatic carbocycles. The van der Waals surface area contributed by atoms with Crippen LogP contribution in [0.3, 0.4) is 0 Å². The lowest BCUT2D eigenvalue weighted by molar-refractivity contribution is -0.131. The van der Waals surface area contributed by atoms with Crippen LogP contribution in [-0.4, -0.2) is 11.1 Å². The van der Waals surface area contributed by atoms with Gasteiger partial charge in [0.25, 0.3) is 0 Å². The summed E-state index contributed by atoms with van der Waals surface area (Å²) in [6, 6.07) is 11.9. The molecular weight excluding hydrogens is 300 g/mol. The third kappa shape index (κ3) is 3.28. The molecule has 0 saturated heterocycles. The van der Waals surface area contributed by atoms with Crippen molar-refractivity contribution in [2.24, 2.45) is 0 Å². The first-order valence-electron chi connectivity index (χ1n) is 4.92. The molecule has 1 N–H and O–H groups in total. The van der Waals surface area contributed by atoms with Crippen molar-refractivity contribution in [3.63, 3.8) is 0 Å². The Morgan fingerprint density at radius 1 is 1.18 bits per heavy atom. The average Bonchev–Trinajstić information content (AvgIpc) is 2.76. The second-order valence-electron chi connectivity index (χ2n) is 3.38. The Bertz CT molecular complexity index is 555. The molecule has 0 aliphatic rings. The second kappa shape index (κ2) is 5.29. The quantitative estimate of drug-likeness (QED) is 0.860. The molecule has 86 valence electrons. The van der Waals surface area contributed by atoms with Crippen molar-refractivity contribution in [1.29, 1.82) is 0 Å². The Hall–Kier alpha value is -1.39. The molecule has 0 spiro atoms. The predicted molar refractivity (Wildman–Crippen MR) is 74.1 cm³/mol. The van der Waals surface area contributed by atoms with Crippen LogP contribution in [0.2, 0.25) is 0 Å². The molecule has 0 atom stereocenters. The molecular formula is C13H9BrO2S. The van der Waals surface area contributed by atoms with Gasteiger partial charge in [0, 0.05) is 20.3 Å². The van der Waals surface area contributed by atoms with Gasteiger partial charge in [0.1, 0.15) is 0 Å². The summed E-state index contributed by atoms with van der Waals surface area (Å²) in [5.74, 6) is -0.927. The highest BCUT2D eigenvalue weighted by Gasteiger charge is 2.01. The lowest BCUT2D eigenvalue weighted by Crippen LogP contribution is -1.84. The number of benzene rings is 1. The topological polar surface area (TPSA) is 37.3 Å². The molecule has 2 nitrogen and oxygen atoms in total. The van der Waals surface area contributed by atoms with E-state index in [0.717, 1.165) is 25.9 Å². The average molecular weight is 309 g/mol. The highest BCUT2D eigenvalue weighted by Crippen LogP contribution is 2.29. The van der Waals surface area contributed by atoms with Gasteiger partial charge in [-0.3, -0.25) is 0 Å². The molecule has 1 aromatic heterocycles. The first-order chi connectivity index (χ1) is 8.15. The molecule has 0 unspecified atom stereocenters. The molecule has 2 aromatic rings. The van der Waals surface area contributed by atoms with Gasteiger partial charge in [-0.15, -0.1) is 11.3 Å². The van der Waals surface area contributed by atoms with E-state index in [-0.39, 0.29) is 0 Å². The summed E-state index contributed by atoms with van der Waals surface area (Å²) in [6.07, 6.45) is 2.76. The number of aliphatic carboxylic acids is 1. The molecule has 2 rings (SSSR count). The largest absolute Gasteiger partial charge is 0.478 e. The van der Waals surface area contributed by atoms with Crippen molar-refractivity contribution in [1.82, 2.24) is 0 Å². The number of carbonyl (C=O) groups is 1. The lowest BCUT2D eigenvalue weighted by atomic mass is 10.2. The monoisotopic (exact) mass is 308 g/mol. The van der Waals surface area contributed by atoms with Crippen LogP contribution < -0.4 is 0 Å². The minimum atomic E-state index is -0.927. The van der Waals surface area contributed by atoms with Crippen LogP contribution in [0.1, 0.15) is 4.88 Å². The molecule has 0 amide bonds. The van der Waals surface area contributed by atoms with Crippen LogP contribution in [0, 0.1) is 0 Å². The summed E-state index contributed by atoms with van der Waals surface area (Å²) in [7, 11) is 0. The second-order valence-corrected chi connectivity index (χ2v) is 5.41. The van der Waals surface area contributed by atoms with E-state index in [0.29, 0.717) is 0 Å². The van der Waals surface area contributed by atoms with Crippen LogP contribution in [-0.2, 0) is 4.79 Å². The van der Waals surface area contributed by atoms with Crippen LogP contribution in [0.4, 0.5) is 0 Å². The van der Waals surface area contributed by atoms with E-state index in [1.54, 1.807) is 17.4 Å². The van der Waals surface area contributed by atoms with Gasteiger partial charge in [0.05, 0.1) is 0 Å². The first kappa shape index (κ1) is 12.1. The zero-order valence-corrected chi connectivity index (χ0v) is 11.2. The summed E-state index contributed by atoms with van der Waals surface area (Å²) in [5.41, 5.74) is 1.13. The maximum atomic E-state index is 10.4. The third-order valence-electron chi connectivity index (χ3n) is 2.15. The normalized spacial score (nSPS) is 10.9. The lowest BCUT2D eigenvalue weighted by Gasteiger charge is -1.96. The van der Waals surface area contributed by atoms with Gasteiger partial charge in [0.15, 0.2) is 0 Å². The Morgan fingerprint density at radius 2 is 1.88 bits per heavy atom. The van der Waals surface area contributed by atoms with E-state index in [1.165, 1.54) is 0 Å². The van der Waals surface area contributed by atoms with Crippen LogP contribution in [0.25, 0.3) is 16.5 Å². The SMILES string of the molecule is O=C(O)C=Cc1ccc(-c2ccc(Br)cc2)s1. The van der Waals surface area contributed by atoms with Crippen LogP contribution >= 0.6 is 27.3 Å². The van der Waals surface area contributed by atoms with Crippen molar-refractivity contribution >= 4 is 39.3 Å². The summed E-state index contributed by atoms with van der Waals surface area (Å²) in [4.78, 5) is 12.5. The van der Waals surface area contributed by atoms with E-state index in [2.05, 4.69) is 15.9 Å². The number of thiophene rings is 1. The Kier molecular flexibility index (Phi) is 3.76. The number of carboxylic acids is 1. The smallest absolute Gasteiger partial charge is 0.328 e. The molecule has 0 aliphatic heterocycles. The van der Waals surface area contributed by atoms with Gasteiger partial charge < -0.3 is 5.11 Å². The maximum Gasteiger partial charge on any atom is 0.328 e. The van der Waals surface area contributed by atoms with Gasteiger partial charge in [-0.1, -0.05) is 28.1 Å². The first-order valence-corrected chi connectivity index (χ1v) is 6.53. The zero-order valence-electron chi connectivity index (χ0n) is 8.76. The summed E-state index contributed by atoms with van der Waals surface area (Å²) in [6.45, 7) is 0. The fourth-order valence-corrected chi connectivity index (χ4v) is 2.55. The molecule has 0 aliphatic carbocycles. The highest BCUT2D eigenvalue weighted by molar-refractivity contribution is 9.10. The Balaban J connectivity index is 2.23. The maximum absolute atomic E-state index is 10.4.